The number of aliphatic imine (C=N–C) groups is 1. The van der Waals surface area contributed by atoms with Gasteiger partial charge in [0.25, 0.3) is 0 Å². The molecule has 5 aromatic rings. The van der Waals surface area contributed by atoms with Gasteiger partial charge in [0.2, 0.25) is 0 Å². The van der Waals surface area contributed by atoms with Gasteiger partial charge in [-0.05, 0) is 48.3 Å². The number of hydrogen-bond acceptors (Lipinski definition) is 7. The Morgan fingerprint density at radius 1 is 1.07 bits per heavy atom. The van der Waals surface area contributed by atoms with Gasteiger partial charge in [-0.1, -0.05) is 43.0 Å². The number of nitrogens with zero attached hydrogens (tertiary/aromatic N) is 6. The lowest BCUT2D eigenvalue weighted by molar-refractivity contribution is 0.691. The van der Waals surface area contributed by atoms with E-state index in [1.54, 1.807) is 6.33 Å². The van der Waals surface area contributed by atoms with E-state index in [-0.39, 0.29) is 0 Å². The third-order valence-corrected chi connectivity index (χ3v) is 7.00. The molecule has 0 aliphatic carbocycles. The molecule has 1 aromatic carbocycles. The SMILES string of the molecule is C=C(/C=c1/c(C2=NCc3c(cncc3-n3cnc(C)c3)N2)n[nH]/c1=C/C)c1cncc(CNCc2ccccc2)c1. The van der Waals surface area contributed by atoms with E-state index >= 15 is 0 Å². The van der Waals surface area contributed by atoms with Gasteiger partial charge in [-0.3, -0.25) is 20.1 Å². The van der Waals surface area contributed by atoms with Crippen LogP contribution in [0.4, 0.5) is 5.69 Å². The summed E-state index contributed by atoms with van der Waals surface area (Å²) in [7, 11) is 0. The number of nitrogens with one attached hydrogen (secondary N) is 3. The molecule has 9 heteroatoms. The number of hydrogen-bond donors (Lipinski definition) is 3. The molecular formula is C32H31N9. The maximum absolute atomic E-state index is 4.87. The quantitative estimate of drug-likeness (QED) is 0.277. The normalized spacial score (nSPS) is 13.6. The minimum absolute atomic E-state index is 0.493. The Balaban J connectivity index is 1.25. The van der Waals surface area contributed by atoms with Crippen LogP contribution >= 0.6 is 0 Å². The highest BCUT2D eigenvalue weighted by Gasteiger charge is 2.20. The van der Waals surface area contributed by atoms with Crippen LogP contribution in [0.2, 0.25) is 0 Å². The molecule has 9 nitrogen and oxygen atoms in total. The standard InChI is InChI=1S/C32H31N9/c1-4-28-26(10-21(2)25-11-24(14-34-15-25)13-33-12-23-8-6-5-7-9-23)31(40-39-28)32-36-16-27-29(38-32)17-35-18-30(27)41-19-22(3)37-20-41/h4-11,14-15,17-20,33,39H,2,12-13,16H2,1,3H3,(H,36,38)/b26-10+,28-4+. The van der Waals surface area contributed by atoms with Crippen LogP contribution in [-0.2, 0) is 19.6 Å². The first-order valence-electron chi connectivity index (χ1n) is 13.5. The van der Waals surface area contributed by atoms with Crippen LogP contribution in [0.1, 0.15) is 40.6 Å². The number of aromatic amines is 1. The number of aryl methyl sites for hydroxylation is 1. The summed E-state index contributed by atoms with van der Waals surface area (Å²) >= 11 is 0. The fraction of sp³-hybridized carbons (Fsp3) is 0.156. The van der Waals surface area contributed by atoms with Crippen molar-refractivity contribution in [1.82, 2.24) is 35.0 Å². The van der Waals surface area contributed by atoms with Gasteiger partial charge in [0, 0.05) is 42.5 Å². The van der Waals surface area contributed by atoms with E-state index in [1.807, 2.05) is 67.6 Å². The molecule has 1 aliphatic rings. The first-order chi connectivity index (χ1) is 20.1. The van der Waals surface area contributed by atoms with Crippen LogP contribution in [0.25, 0.3) is 23.4 Å². The Hall–Kier alpha value is -5.15. The van der Waals surface area contributed by atoms with E-state index in [1.165, 1.54) is 5.56 Å². The summed E-state index contributed by atoms with van der Waals surface area (Å²) in [5.41, 5.74) is 8.70. The van der Waals surface area contributed by atoms with Crippen molar-refractivity contribution in [3.8, 4) is 5.69 Å². The number of aromatic nitrogens is 6. The van der Waals surface area contributed by atoms with Crippen LogP contribution in [0, 0.1) is 6.92 Å². The van der Waals surface area contributed by atoms with Crippen LogP contribution in [0.5, 0.6) is 0 Å². The zero-order valence-corrected chi connectivity index (χ0v) is 23.1. The van der Waals surface area contributed by atoms with Crippen molar-refractivity contribution in [3.63, 3.8) is 0 Å². The maximum atomic E-state index is 4.87. The number of H-pyrrole nitrogens is 1. The van der Waals surface area contributed by atoms with Gasteiger partial charge in [-0.2, -0.15) is 5.10 Å². The number of allylic oxidation sites excluding steroid dienone is 1. The van der Waals surface area contributed by atoms with Crippen LogP contribution in [0.15, 0.2) is 85.3 Å². The second-order valence-corrected chi connectivity index (χ2v) is 9.93. The number of pyridine rings is 2. The average Bonchev–Trinajstić information content (AvgIpc) is 3.63. The van der Waals surface area contributed by atoms with Gasteiger partial charge in [0.05, 0.1) is 47.7 Å². The monoisotopic (exact) mass is 541 g/mol. The first kappa shape index (κ1) is 26.1. The molecule has 1 aliphatic heterocycles. The van der Waals surface area contributed by atoms with Crippen molar-refractivity contribution in [1.29, 1.82) is 0 Å². The lowest BCUT2D eigenvalue weighted by atomic mass is 10.1. The van der Waals surface area contributed by atoms with Gasteiger partial charge >= 0.3 is 0 Å². The van der Waals surface area contributed by atoms with Crippen LogP contribution in [-0.4, -0.2) is 35.6 Å². The molecule has 0 spiro atoms. The topological polar surface area (TPSA) is 109 Å². The first-order valence-corrected chi connectivity index (χ1v) is 13.5. The lowest BCUT2D eigenvalue weighted by Gasteiger charge is -2.20. The summed E-state index contributed by atoms with van der Waals surface area (Å²) in [5.74, 6) is 0.679. The highest BCUT2D eigenvalue weighted by atomic mass is 15.2. The Labute approximate surface area is 238 Å². The van der Waals surface area contributed by atoms with E-state index in [4.69, 9.17) is 4.99 Å². The third-order valence-electron chi connectivity index (χ3n) is 7.00. The van der Waals surface area contributed by atoms with Crippen molar-refractivity contribution in [2.75, 3.05) is 5.32 Å². The largest absolute Gasteiger partial charge is 0.337 e. The summed E-state index contributed by atoms with van der Waals surface area (Å²) in [5, 5.41) is 16.5. The van der Waals surface area contributed by atoms with E-state index < -0.39 is 0 Å². The number of rotatable bonds is 8. The highest BCUT2D eigenvalue weighted by Crippen LogP contribution is 2.26. The molecule has 4 aromatic heterocycles. The minimum atomic E-state index is 0.493. The maximum Gasteiger partial charge on any atom is 0.154 e. The molecule has 0 unspecified atom stereocenters. The average molecular weight is 542 g/mol. The van der Waals surface area contributed by atoms with Crippen LogP contribution < -0.4 is 21.2 Å². The van der Waals surface area contributed by atoms with Gasteiger partial charge in [-0.15, -0.1) is 0 Å². The Morgan fingerprint density at radius 3 is 2.71 bits per heavy atom. The Morgan fingerprint density at radius 2 is 1.90 bits per heavy atom. The second kappa shape index (κ2) is 11.5. The molecule has 0 bridgehead atoms. The zero-order valence-electron chi connectivity index (χ0n) is 23.1. The highest BCUT2D eigenvalue weighted by molar-refractivity contribution is 6.09. The van der Waals surface area contributed by atoms with Crippen molar-refractivity contribution in [2.24, 2.45) is 4.99 Å². The van der Waals surface area contributed by atoms with Gasteiger partial charge < -0.3 is 15.2 Å². The molecule has 204 valence electrons. The van der Waals surface area contributed by atoms with E-state index in [2.05, 4.69) is 72.7 Å². The molecule has 0 fully saturated rings. The molecule has 41 heavy (non-hydrogen) atoms. The van der Waals surface area contributed by atoms with E-state index in [9.17, 15) is 0 Å². The van der Waals surface area contributed by atoms with Crippen molar-refractivity contribution in [2.45, 2.75) is 33.5 Å². The Kier molecular flexibility index (Phi) is 7.34. The number of imidazole rings is 1. The summed E-state index contributed by atoms with van der Waals surface area (Å²) in [6.07, 6.45) is 15.2. The number of anilines is 1. The fourth-order valence-electron chi connectivity index (χ4n) is 4.86. The fourth-order valence-corrected chi connectivity index (χ4v) is 4.86. The summed E-state index contributed by atoms with van der Waals surface area (Å²) in [4.78, 5) is 18.2. The lowest BCUT2D eigenvalue weighted by Crippen LogP contribution is -2.31. The number of amidine groups is 1. The summed E-state index contributed by atoms with van der Waals surface area (Å²) in [6, 6.07) is 12.5. The molecule has 6 rings (SSSR count). The number of fused-ring (bicyclic) bond motifs is 1. The van der Waals surface area contributed by atoms with Gasteiger partial charge in [-0.25, -0.2) is 4.98 Å². The van der Waals surface area contributed by atoms with Gasteiger partial charge in [0.15, 0.2) is 5.84 Å². The molecule has 5 heterocycles. The zero-order chi connectivity index (χ0) is 28.2. The molecule has 0 saturated heterocycles. The predicted molar refractivity (Wildman–Crippen MR) is 163 cm³/mol. The predicted octanol–water partition coefficient (Wildman–Crippen LogP) is 3.65. The van der Waals surface area contributed by atoms with E-state index in [0.29, 0.717) is 18.9 Å². The van der Waals surface area contributed by atoms with E-state index in [0.717, 1.165) is 62.1 Å². The summed E-state index contributed by atoms with van der Waals surface area (Å²) in [6.45, 7) is 10.3. The third kappa shape index (κ3) is 5.61. The molecular weight excluding hydrogens is 510 g/mol. The van der Waals surface area contributed by atoms with Crippen molar-refractivity contribution >= 4 is 29.2 Å². The molecule has 0 radical (unpaired) electrons. The van der Waals surface area contributed by atoms with Crippen LogP contribution in [0.3, 0.4) is 0 Å². The summed E-state index contributed by atoms with van der Waals surface area (Å²) < 4.78 is 1.98. The van der Waals surface area contributed by atoms with Crippen molar-refractivity contribution < 1.29 is 0 Å². The molecule has 0 amide bonds. The smallest absolute Gasteiger partial charge is 0.154 e. The van der Waals surface area contributed by atoms with Gasteiger partial charge in [0.1, 0.15) is 5.69 Å². The number of benzene rings is 1. The molecule has 0 saturated carbocycles. The Bertz CT molecular complexity index is 1860. The minimum Gasteiger partial charge on any atom is -0.337 e. The second-order valence-electron chi connectivity index (χ2n) is 9.93. The molecule has 3 N–H and O–H groups in total. The van der Waals surface area contributed by atoms with Crippen molar-refractivity contribution in [3.05, 3.63) is 124 Å². The molecule has 0 atom stereocenters.